The monoisotopic (exact) mass is 776 g/mol. The number of para-hydroxylation sites is 3. The number of fused-ring (bicyclic) bond motifs is 7. The van der Waals surface area contributed by atoms with Gasteiger partial charge in [-0.3, -0.25) is 0 Å². The topological polar surface area (TPSA) is 53.1 Å². The van der Waals surface area contributed by atoms with Gasteiger partial charge in [0, 0.05) is 37.9 Å². The summed E-state index contributed by atoms with van der Waals surface area (Å²) in [7, 11) is 0. The number of rotatable bonds is 2. The summed E-state index contributed by atoms with van der Waals surface area (Å²) in [4.78, 5) is 8.99. The van der Waals surface area contributed by atoms with Gasteiger partial charge >= 0.3 is 0 Å². The molecule has 0 unspecified atom stereocenters. The second-order valence-corrected chi connectivity index (χ2v) is 12.1. The summed E-state index contributed by atoms with van der Waals surface area (Å²) in [6.07, 6.45) is 3.74. The Morgan fingerprint density at radius 3 is 2.22 bits per heavy atom. The molecule has 0 saturated heterocycles. The number of pyridine rings is 2. The molecular formula is C40H29IrN3O2-2. The molecule has 5 heterocycles. The first-order valence-corrected chi connectivity index (χ1v) is 15.0. The first-order valence-electron chi connectivity index (χ1n) is 15.0. The van der Waals surface area contributed by atoms with Crippen molar-refractivity contribution in [1.29, 1.82) is 0 Å². The second-order valence-electron chi connectivity index (χ2n) is 12.1. The molecule has 0 fully saturated rings. The normalized spacial score (nSPS) is 11.8. The van der Waals surface area contributed by atoms with E-state index in [1.54, 1.807) is 6.20 Å². The zero-order valence-electron chi connectivity index (χ0n) is 25.5. The fourth-order valence-corrected chi connectivity index (χ4v) is 5.92. The molecule has 0 aliphatic carbocycles. The van der Waals surface area contributed by atoms with Crippen LogP contribution in [0.4, 0.5) is 0 Å². The van der Waals surface area contributed by atoms with E-state index in [1.807, 2.05) is 85.1 Å². The third-order valence-corrected chi connectivity index (χ3v) is 8.18. The molecule has 0 spiro atoms. The van der Waals surface area contributed by atoms with Gasteiger partial charge in [-0.1, -0.05) is 68.8 Å². The van der Waals surface area contributed by atoms with Crippen LogP contribution in [0.3, 0.4) is 0 Å². The Morgan fingerprint density at radius 2 is 1.46 bits per heavy atom. The van der Waals surface area contributed by atoms with Crippen molar-refractivity contribution in [2.24, 2.45) is 0 Å². The van der Waals surface area contributed by atoms with Crippen LogP contribution in [-0.2, 0) is 25.5 Å². The summed E-state index contributed by atoms with van der Waals surface area (Å²) in [6, 6.07) is 42.7. The van der Waals surface area contributed by atoms with Gasteiger partial charge in [0.25, 0.3) is 0 Å². The zero-order valence-corrected chi connectivity index (χ0v) is 27.9. The molecule has 1 radical (unpaired) electrons. The van der Waals surface area contributed by atoms with E-state index in [0.717, 1.165) is 72.7 Å². The van der Waals surface area contributed by atoms with Crippen molar-refractivity contribution in [3.8, 4) is 39.7 Å². The Balaban J connectivity index is 0.000000171. The molecule has 6 heteroatoms. The summed E-state index contributed by atoms with van der Waals surface area (Å²) >= 11 is 0. The van der Waals surface area contributed by atoms with Crippen molar-refractivity contribution in [3.63, 3.8) is 0 Å². The van der Waals surface area contributed by atoms with E-state index in [2.05, 4.69) is 77.8 Å². The minimum atomic E-state index is 0. The van der Waals surface area contributed by atoms with Gasteiger partial charge < -0.3 is 23.7 Å². The molecule has 4 aromatic carbocycles. The summed E-state index contributed by atoms with van der Waals surface area (Å²) in [5.74, 6) is 1.68. The van der Waals surface area contributed by atoms with E-state index in [1.165, 1.54) is 5.56 Å². The number of hydrogen-bond donors (Lipinski definition) is 0. The van der Waals surface area contributed by atoms with Crippen LogP contribution in [0.2, 0.25) is 0 Å². The van der Waals surface area contributed by atoms with Crippen LogP contribution in [0.25, 0.3) is 61.2 Å². The Labute approximate surface area is 280 Å². The minimum Gasteiger partial charge on any atom is -0.498 e. The van der Waals surface area contributed by atoms with Crippen LogP contribution >= 0.6 is 0 Å². The van der Waals surface area contributed by atoms with Crippen LogP contribution in [0, 0.1) is 12.1 Å². The van der Waals surface area contributed by atoms with Crippen molar-refractivity contribution < 1.29 is 29.3 Å². The molecule has 1 aliphatic heterocycles. The minimum absolute atomic E-state index is 0. The molecular weight excluding hydrogens is 747 g/mol. The number of furan rings is 1. The van der Waals surface area contributed by atoms with Gasteiger partial charge in [0.2, 0.25) is 0 Å². The maximum absolute atomic E-state index is 6.48. The Hall–Kier alpha value is -5.03. The Bertz CT molecular complexity index is 2320. The molecule has 46 heavy (non-hydrogen) atoms. The van der Waals surface area contributed by atoms with E-state index in [4.69, 9.17) is 9.15 Å². The molecule has 1 aliphatic rings. The fraction of sp³-hybridized carbons (Fsp3) is 0.100. The summed E-state index contributed by atoms with van der Waals surface area (Å²) in [6.45, 7) is 6.58. The third kappa shape index (κ3) is 5.00. The van der Waals surface area contributed by atoms with Crippen molar-refractivity contribution in [2.45, 2.75) is 26.2 Å². The number of hydrogen-bond acceptors (Lipinski definition) is 4. The molecule has 227 valence electrons. The number of nitrogens with zero attached hydrogens (tertiary/aromatic N) is 3. The van der Waals surface area contributed by atoms with Gasteiger partial charge in [-0.2, -0.15) is 0 Å². The molecule has 0 amide bonds. The van der Waals surface area contributed by atoms with Gasteiger partial charge in [0.15, 0.2) is 11.5 Å². The molecule has 4 aromatic heterocycles. The van der Waals surface area contributed by atoms with E-state index < -0.39 is 0 Å². The predicted octanol–water partition coefficient (Wildman–Crippen LogP) is 10.3. The van der Waals surface area contributed by atoms with Crippen molar-refractivity contribution in [2.75, 3.05) is 0 Å². The van der Waals surface area contributed by atoms with E-state index in [0.29, 0.717) is 0 Å². The number of ether oxygens (including phenoxy) is 1. The average molecular weight is 776 g/mol. The van der Waals surface area contributed by atoms with Gasteiger partial charge in [0.05, 0.1) is 16.8 Å². The first kappa shape index (κ1) is 29.7. The zero-order chi connectivity index (χ0) is 30.5. The van der Waals surface area contributed by atoms with Crippen LogP contribution in [0.5, 0.6) is 11.5 Å². The molecule has 0 bridgehead atoms. The fourth-order valence-electron chi connectivity index (χ4n) is 5.92. The van der Waals surface area contributed by atoms with Gasteiger partial charge in [-0.05, 0) is 58.1 Å². The van der Waals surface area contributed by atoms with Crippen molar-refractivity contribution >= 4 is 33.0 Å². The molecule has 0 N–H and O–H groups in total. The van der Waals surface area contributed by atoms with Crippen molar-refractivity contribution in [1.82, 2.24) is 14.5 Å². The standard InChI is InChI=1S/C25H13N2O2.C15H16N.Ir/c1-2-12-20-19(11-1)27-22-16(9-6-13-21(22)28-20)25-23(27)17-8-5-7-15(24(17)29-25)18-10-3-4-14-26-18;1-15(2,3)13-9-10-14(16-11-13)12-7-5-4-6-8-12;/h1-6,8-14H;4-7,9-11H,1-3H3;/q2*-1;. The SMILES string of the molecule is CC(C)(C)c1ccc(-c2[c-]cccc2)nc1.[Ir].[c-]1ccc2c(oc3c4cccc5c4n(c23)-c2ccccc2O5)c1-c1ccccn1. The second kappa shape index (κ2) is 11.7. The maximum atomic E-state index is 6.48. The van der Waals surface area contributed by atoms with Gasteiger partial charge in [0.1, 0.15) is 11.1 Å². The Morgan fingerprint density at radius 1 is 0.652 bits per heavy atom. The van der Waals surface area contributed by atoms with Crippen LogP contribution in [0.1, 0.15) is 26.3 Å². The average Bonchev–Trinajstić information content (AvgIpc) is 3.62. The largest absolute Gasteiger partial charge is 0.498 e. The van der Waals surface area contributed by atoms with Gasteiger partial charge in [-0.15, -0.1) is 54.1 Å². The smallest absolute Gasteiger partial charge is 0.152 e. The quantitative estimate of drug-likeness (QED) is 0.164. The van der Waals surface area contributed by atoms with Crippen molar-refractivity contribution in [3.05, 3.63) is 139 Å². The van der Waals surface area contributed by atoms with Crippen LogP contribution in [-0.4, -0.2) is 14.5 Å². The van der Waals surface area contributed by atoms with Gasteiger partial charge in [-0.25, -0.2) is 0 Å². The number of aromatic nitrogens is 3. The van der Waals surface area contributed by atoms with E-state index in [9.17, 15) is 0 Å². The molecule has 5 nitrogen and oxygen atoms in total. The van der Waals surface area contributed by atoms with E-state index >= 15 is 0 Å². The number of benzene rings is 4. The summed E-state index contributed by atoms with van der Waals surface area (Å²) in [5.41, 5.74) is 9.92. The molecule has 9 rings (SSSR count). The molecule has 0 saturated carbocycles. The Kier molecular flexibility index (Phi) is 7.56. The van der Waals surface area contributed by atoms with E-state index in [-0.39, 0.29) is 25.5 Å². The van der Waals surface area contributed by atoms with Crippen LogP contribution in [0.15, 0.2) is 126 Å². The predicted molar refractivity (Wildman–Crippen MR) is 180 cm³/mol. The molecule has 0 atom stereocenters. The third-order valence-electron chi connectivity index (χ3n) is 8.18. The molecule has 8 aromatic rings. The summed E-state index contributed by atoms with van der Waals surface area (Å²) in [5, 5.41) is 2.08. The maximum Gasteiger partial charge on any atom is 0.152 e. The summed E-state index contributed by atoms with van der Waals surface area (Å²) < 4.78 is 14.9. The first-order chi connectivity index (χ1) is 22.0. The van der Waals surface area contributed by atoms with Crippen LogP contribution < -0.4 is 4.74 Å².